The lowest BCUT2D eigenvalue weighted by molar-refractivity contribution is -0.114. The molecule has 14 heavy (non-hydrogen) atoms. The number of halogens is 2. The Labute approximate surface area is 94.8 Å². The lowest BCUT2D eigenvalue weighted by Gasteiger charge is -2.08. The molecule has 0 atom stereocenters. The van der Waals surface area contributed by atoms with E-state index in [0.717, 1.165) is 0 Å². The molecule has 1 N–H and O–H groups in total. The summed E-state index contributed by atoms with van der Waals surface area (Å²) in [5.74, 6) is -0.242. The zero-order valence-electron chi connectivity index (χ0n) is 7.73. The van der Waals surface area contributed by atoms with Gasteiger partial charge in [-0.05, 0) is 28.7 Å². The number of carbonyl (C=O) groups is 1. The standard InChI is InChI=1S/C9H9FINO2/c1-5(13)12-8-4-9(14-2)7(11)3-6(8)10/h3-4H,1-2H3,(H,12,13). The van der Waals surface area contributed by atoms with Crippen molar-refractivity contribution in [3.8, 4) is 5.75 Å². The maximum Gasteiger partial charge on any atom is 0.221 e. The molecule has 76 valence electrons. The molecule has 1 rings (SSSR count). The van der Waals surface area contributed by atoms with Gasteiger partial charge in [0.25, 0.3) is 0 Å². The smallest absolute Gasteiger partial charge is 0.221 e. The molecule has 5 heteroatoms. The number of methoxy groups -OCH3 is 1. The molecule has 0 aromatic heterocycles. The largest absolute Gasteiger partial charge is 0.496 e. The highest BCUT2D eigenvalue weighted by Crippen LogP contribution is 2.27. The minimum Gasteiger partial charge on any atom is -0.496 e. The van der Waals surface area contributed by atoms with Crippen LogP contribution in [0.2, 0.25) is 0 Å². The van der Waals surface area contributed by atoms with Crippen molar-refractivity contribution in [1.82, 2.24) is 0 Å². The van der Waals surface area contributed by atoms with Crippen LogP contribution in [0.3, 0.4) is 0 Å². The van der Waals surface area contributed by atoms with Gasteiger partial charge in [0.2, 0.25) is 5.91 Å². The van der Waals surface area contributed by atoms with Crippen LogP contribution in [-0.2, 0) is 4.79 Å². The summed E-state index contributed by atoms with van der Waals surface area (Å²) in [4.78, 5) is 10.7. The fraction of sp³-hybridized carbons (Fsp3) is 0.222. The minimum absolute atomic E-state index is 0.134. The summed E-state index contributed by atoms with van der Waals surface area (Å²) in [6.07, 6.45) is 0. The molecule has 1 aromatic rings. The first-order valence-electron chi connectivity index (χ1n) is 3.85. The predicted molar refractivity (Wildman–Crippen MR) is 60.0 cm³/mol. The third-order valence-electron chi connectivity index (χ3n) is 1.55. The van der Waals surface area contributed by atoms with E-state index in [0.29, 0.717) is 9.32 Å². The number of anilines is 1. The Balaban J connectivity index is 3.10. The topological polar surface area (TPSA) is 38.3 Å². The summed E-state index contributed by atoms with van der Waals surface area (Å²) in [6, 6.07) is 2.77. The summed E-state index contributed by atoms with van der Waals surface area (Å²) in [6.45, 7) is 1.32. The van der Waals surface area contributed by atoms with Crippen LogP contribution in [0, 0.1) is 9.39 Å². The van der Waals surface area contributed by atoms with Crippen molar-refractivity contribution in [3.63, 3.8) is 0 Å². The van der Waals surface area contributed by atoms with Crippen LogP contribution in [0.4, 0.5) is 10.1 Å². The third-order valence-corrected chi connectivity index (χ3v) is 2.40. The number of nitrogens with one attached hydrogen (secondary N) is 1. The van der Waals surface area contributed by atoms with Crippen LogP contribution in [0.25, 0.3) is 0 Å². The molecule has 0 heterocycles. The first-order chi connectivity index (χ1) is 6.54. The highest BCUT2D eigenvalue weighted by molar-refractivity contribution is 14.1. The zero-order valence-corrected chi connectivity index (χ0v) is 9.88. The monoisotopic (exact) mass is 309 g/mol. The highest BCUT2D eigenvalue weighted by Gasteiger charge is 2.09. The second kappa shape index (κ2) is 4.59. The molecule has 0 bridgehead atoms. The van der Waals surface area contributed by atoms with E-state index in [2.05, 4.69) is 5.32 Å². The molecule has 0 aliphatic carbocycles. The fourth-order valence-corrected chi connectivity index (χ4v) is 1.62. The van der Waals surface area contributed by atoms with Crippen LogP contribution >= 0.6 is 22.6 Å². The molecular weight excluding hydrogens is 300 g/mol. The van der Waals surface area contributed by atoms with E-state index < -0.39 is 5.82 Å². The molecule has 3 nitrogen and oxygen atoms in total. The summed E-state index contributed by atoms with van der Waals surface area (Å²) < 4.78 is 18.9. The van der Waals surface area contributed by atoms with Crippen LogP contribution in [0.15, 0.2) is 12.1 Å². The number of ether oxygens (including phenoxy) is 1. The van der Waals surface area contributed by atoms with Crippen LogP contribution in [0.1, 0.15) is 6.92 Å². The van der Waals surface area contributed by atoms with Gasteiger partial charge in [-0.25, -0.2) is 4.39 Å². The maximum absolute atomic E-state index is 13.3. The Morgan fingerprint density at radius 2 is 2.21 bits per heavy atom. The molecule has 0 aliphatic rings. The van der Waals surface area contributed by atoms with Crippen molar-refractivity contribution in [2.24, 2.45) is 0 Å². The predicted octanol–water partition coefficient (Wildman–Crippen LogP) is 2.40. The van der Waals surface area contributed by atoms with E-state index in [1.165, 1.54) is 26.2 Å². The van der Waals surface area contributed by atoms with E-state index in [1.54, 1.807) is 0 Å². The van der Waals surface area contributed by atoms with Gasteiger partial charge in [-0.1, -0.05) is 0 Å². The highest BCUT2D eigenvalue weighted by atomic mass is 127. The molecule has 0 saturated carbocycles. The van der Waals surface area contributed by atoms with Crippen molar-refractivity contribution in [2.45, 2.75) is 6.92 Å². The summed E-state index contributed by atoms with van der Waals surface area (Å²) >= 11 is 1.96. The first-order valence-corrected chi connectivity index (χ1v) is 4.93. The first kappa shape index (κ1) is 11.2. The Morgan fingerprint density at radius 3 is 2.71 bits per heavy atom. The normalized spacial score (nSPS) is 9.71. The maximum atomic E-state index is 13.3. The van der Waals surface area contributed by atoms with Gasteiger partial charge < -0.3 is 10.1 Å². The number of amides is 1. The van der Waals surface area contributed by atoms with E-state index in [-0.39, 0.29) is 11.6 Å². The van der Waals surface area contributed by atoms with Crippen molar-refractivity contribution in [1.29, 1.82) is 0 Å². The summed E-state index contributed by atoms with van der Waals surface area (Å²) in [5, 5.41) is 2.38. The molecule has 1 amide bonds. The number of rotatable bonds is 2. The molecule has 0 unspecified atom stereocenters. The fourth-order valence-electron chi connectivity index (χ4n) is 0.971. The Kier molecular flexibility index (Phi) is 3.68. The van der Waals surface area contributed by atoms with Crippen LogP contribution in [0.5, 0.6) is 5.75 Å². The molecule has 0 saturated heterocycles. The van der Waals surface area contributed by atoms with Gasteiger partial charge in [0.05, 0.1) is 16.4 Å². The quantitative estimate of drug-likeness (QED) is 0.852. The summed E-state index contributed by atoms with van der Waals surface area (Å²) in [5.41, 5.74) is 0.134. The zero-order chi connectivity index (χ0) is 10.7. The lowest BCUT2D eigenvalue weighted by Crippen LogP contribution is -2.08. The van der Waals surface area contributed by atoms with E-state index in [4.69, 9.17) is 4.74 Å². The number of hydrogen-bond acceptors (Lipinski definition) is 2. The molecule has 0 radical (unpaired) electrons. The third kappa shape index (κ3) is 2.57. The van der Waals surface area contributed by atoms with Gasteiger partial charge in [0.15, 0.2) is 0 Å². The summed E-state index contributed by atoms with van der Waals surface area (Å²) in [7, 11) is 1.49. The average molecular weight is 309 g/mol. The number of benzene rings is 1. The average Bonchev–Trinajstić information content (AvgIpc) is 2.09. The van der Waals surface area contributed by atoms with E-state index in [9.17, 15) is 9.18 Å². The molecule has 0 spiro atoms. The van der Waals surface area contributed by atoms with Crippen LogP contribution < -0.4 is 10.1 Å². The second-order valence-electron chi connectivity index (χ2n) is 2.65. The Hall–Kier alpha value is -0.850. The Bertz CT molecular complexity index is 368. The van der Waals surface area contributed by atoms with Gasteiger partial charge in [0.1, 0.15) is 11.6 Å². The van der Waals surface area contributed by atoms with Gasteiger partial charge >= 0.3 is 0 Å². The Morgan fingerprint density at radius 1 is 1.57 bits per heavy atom. The van der Waals surface area contributed by atoms with Crippen LogP contribution in [-0.4, -0.2) is 13.0 Å². The van der Waals surface area contributed by atoms with Crippen molar-refractivity contribution >= 4 is 34.2 Å². The van der Waals surface area contributed by atoms with Gasteiger partial charge in [0, 0.05) is 13.0 Å². The molecule has 0 fully saturated rings. The van der Waals surface area contributed by atoms with Gasteiger partial charge in [-0.2, -0.15) is 0 Å². The number of hydrogen-bond donors (Lipinski definition) is 1. The molecule has 1 aromatic carbocycles. The van der Waals surface area contributed by atoms with Crippen molar-refractivity contribution in [2.75, 3.05) is 12.4 Å². The second-order valence-corrected chi connectivity index (χ2v) is 3.81. The SMILES string of the molecule is COc1cc(NC(C)=O)c(F)cc1I. The van der Waals surface area contributed by atoms with Crippen molar-refractivity contribution in [3.05, 3.63) is 21.5 Å². The molecule has 0 aliphatic heterocycles. The van der Waals surface area contributed by atoms with Gasteiger partial charge in [-0.3, -0.25) is 4.79 Å². The van der Waals surface area contributed by atoms with Crippen molar-refractivity contribution < 1.29 is 13.9 Å². The minimum atomic E-state index is -0.467. The molecular formula is C9H9FINO2. The lowest BCUT2D eigenvalue weighted by atomic mass is 10.3. The van der Waals surface area contributed by atoms with E-state index in [1.807, 2.05) is 22.6 Å². The van der Waals surface area contributed by atoms with Gasteiger partial charge in [-0.15, -0.1) is 0 Å². The number of carbonyl (C=O) groups excluding carboxylic acids is 1. The van der Waals surface area contributed by atoms with E-state index >= 15 is 0 Å².